The van der Waals surface area contributed by atoms with Gasteiger partial charge in [-0.05, 0) is 55.7 Å². The maximum absolute atomic E-state index is 13.7. The number of likely N-dealkylation sites (tertiary alicyclic amines) is 1. The van der Waals surface area contributed by atoms with Crippen molar-refractivity contribution in [3.63, 3.8) is 0 Å². The molecule has 0 saturated carbocycles. The summed E-state index contributed by atoms with van der Waals surface area (Å²) in [5.74, 6) is -0.818. The van der Waals surface area contributed by atoms with Crippen molar-refractivity contribution in [2.24, 2.45) is 5.73 Å². The summed E-state index contributed by atoms with van der Waals surface area (Å²) in [6.07, 6.45) is 2.85. The van der Waals surface area contributed by atoms with Crippen LogP contribution < -0.4 is 10.5 Å². The van der Waals surface area contributed by atoms with Crippen LogP contribution in [-0.4, -0.2) is 38.4 Å². The number of benzene rings is 2. The van der Waals surface area contributed by atoms with Gasteiger partial charge in [0, 0.05) is 24.7 Å². The quantitative estimate of drug-likeness (QED) is 0.819. The van der Waals surface area contributed by atoms with Gasteiger partial charge in [0.2, 0.25) is 0 Å². The van der Waals surface area contributed by atoms with Crippen molar-refractivity contribution < 1.29 is 17.6 Å². The molecule has 0 radical (unpaired) electrons. The van der Waals surface area contributed by atoms with Crippen LogP contribution in [0.25, 0.3) is 0 Å². The molecule has 1 saturated heterocycles. The van der Waals surface area contributed by atoms with Crippen LogP contribution in [0.1, 0.15) is 29.6 Å². The van der Waals surface area contributed by atoms with Crippen LogP contribution in [0.2, 0.25) is 0 Å². The summed E-state index contributed by atoms with van der Waals surface area (Å²) in [6.45, 7) is 1.06. The molecule has 1 amide bonds. The smallest absolute Gasteiger partial charge is 0.261 e. The summed E-state index contributed by atoms with van der Waals surface area (Å²) < 4.78 is 40.8. The fraction of sp³-hybridized carbons (Fsp3) is 0.316. The number of anilines is 1. The molecule has 1 unspecified atom stereocenters. The number of piperidine rings is 1. The number of sulfonamides is 1. The van der Waals surface area contributed by atoms with Crippen LogP contribution >= 0.6 is 0 Å². The fourth-order valence-corrected chi connectivity index (χ4v) is 4.27. The van der Waals surface area contributed by atoms with Crippen molar-refractivity contribution >= 4 is 21.6 Å². The van der Waals surface area contributed by atoms with E-state index in [1.54, 1.807) is 4.90 Å². The van der Waals surface area contributed by atoms with Crippen molar-refractivity contribution in [3.8, 4) is 0 Å². The predicted octanol–water partition coefficient (Wildman–Crippen LogP) is 2.58. The zero-order valence-electron chi connectivity index (χ0n) is 14.8. The lowest BCUT2D eigenvalue weighted by Crippen LogP contribution is -2.47. The van der Waals surface area contributed by atoms with Crippen molar-refractivity contribution in [3.05, 3.63) is 59.9 Å². The first-order chi connectivity index (χ1) is 12.9. The average Bonchev–Trinajstić information content (AvgIpc) is 2.69. The standard InChI is InChI=1S/C19H22FN3O3S/c20-17-6-1-2-7-18(17)22-27(25,26)16-10-8-14(9-11-16)19(24)23-12-4-3-5-15(23)13-21/h1-2,6-11,15,22H,3-5,12-13,21H2. The zero-order chi connectivity index (χ0) is 19.4. The molecule has 27 heavy (non-hydrogen) atoms. The number of hydrogen-bond acceptors (Lipinski definition) is 4. The highest BCUT2D eigenvalue weighted by Gasteiger charge is 2.26. The van der Waals surface area contributed by atoms with Gasteiger partial charge in [-0.25, -0.2) is 12.8 Å². The van der Waals surface area contributed by atoms with E-state index < -0.39 is 15.8 Å². The summed E-state index contributed by atoms with van der Waals surface area (Å²) >= 11 is 0. The van der Waals surface area contributed by atoms with E-state index in [2.05, 4.69) is 4.72 Å². The minimum absolute atomic E-state index is 0.0115. The Kier molecular flexibility index (Phi) is 5.76. The maximum Gasteiger partial charge on any atom is 0.261 e. The molecule has 0 bridgehead atoms. The molecule has 1 heterocycles. The Hall–Kier alpha value is -2.45. The molecule has 3 rings (SSSR count). The van der Waals surface area contributed by atoms with Gasteiger partial charge >= 0.3 is 0 Å². The molecule has 0 aromatic heterocycles. The summed E-state index contributed by atoms with van der Waals surface area (Å²) in [5, 5.41) is 0. The summed E-state index contributed by atoms with van der Waals surface area (Å²) in [6, 6.07) is 11.2. The van der Waals surface area contributed by atoms with Gasteiger partial charge in [-0.1, -0.05) is 12.1 Å². The number of nitrogens with one attached hydrogen (secondary N) is 1. The normalized spacial score (nSPS) is 17.6. The highest BCUT2D eigenvalue weighted by atomic mass is 32.2. The molecule has 144 valence electrons. The topological polar surface area (TPSA) is 92.5 Å². The van der Waals surface area contributed by atoms with Gasteiger partial charge in [-0.3, -0.25) is 9.52 Å². The minimum Gasteiger partial charge on any atom is -0.334 e. The van der Waals surface area contributed by atoms with Gasteiger partial charge < -0.3 is 10.6 Å². The molecule has 0 spiro atoms. The third-order valence-electron chi connectivity index (χ3n) is 4.69. The SMILES string of the molecule is NCC1CCCCN1C(=O)c1ccc(S(=O)(=O)Nc2ccccc2F)cc1. The van der Waals surface area contributed by atoms with Crippen LogP contribution in [0.3, 0.4) is 0 Å². The summed E-state index contributed by atoms with van der Waals surface area (Å²) in [4.78, 5) is 14.4. The Bertz CT molecular complexity index is 916. The number of nitrogens with two attached hydrogens (primary N) is 1. The maximum atomic E-state index is 13.7. The molecular formula is C19H22FN3O3S. The van der Waals surface area contributed by atoms with Crippen LogP contribution in [0.4, 0.5) is 10.1 Å². The number of carbonyl (C=O) groups is 1. The molecule has 1 atom stereocenters. The molecule has 2 aromatic carbocycles. The first-order valence-electron chi connectivity index (χ1n) is 8.81. The Morgan fingerprint density at radius 2 is 1.85 bits per heavy atom. The van der Waals surface area contributed by atoms with E-state index in [0.717, 1.165) is 19.3 Å². The number of nitrogens with zero attached hydrogens (tertiary/aromatic N) is 1. The van der Waals surface area contributed by atoms with Crippen molar-refractivity contribution in [2.75, 3.05) is 17.8 Å². The monoisotopic (exact) mass is 391 g/mol. The third kappa shape index (κ3) is 4.28. The highest BCUT2D eigenvalue weighted by Crippen LogP contribution is 2.22. The third-order valence-corrected chi connectivity index (χ3v) is 6.07. The van der Waals surface area contributed by atoms with Gasteiger partial charge in [0.25, 0.3) is 15.9 Å². The number of para-hydroxylation sites is 1. The van der Waals surface area contributed by atoms with E-state index in [0.29, 0.717) is 18.7 Å². The number of carbonyl (C=O) groups excluding carboxylic acids is 1. The second-order valence-electron chi connectivity index (χ2n) is 6.49. The van der Waals surface area contributed by atoms with Crippen LogP contribution in [-0.2, 0) is 10.0 Å². The lowest BCUT2D eigenvalue weighted by molar-refractivity contribution is 0.0623. The molecular weight excluding hydrogens is 369 g/mol. The number of hydrogen-bond donors (Lipinski definition) is 2. The molecule has 1 aliphatic heterocycles. The second kappa shape index (κ2) is 8.06. The molecule has 1 fully saturated rings. The molecule has 3 N–H and O–H groups in total. The Balaban J connectivity index is 1.78. The number of rotatable bonds is 5. The van der Waals surface area contributed by atoms with Gasteiger partial charge in [0.05, 0.1) is 10.6 Å². The average molecular weight is 391 g/mol. The Labute approximate surface area is 158 Å². The van der Waals surface area contributed by atoms with Crippen molar-refractivity contribution in [1.82, 2.24) is 4.90 Å². The van der Waals surface area contributed by atoms with Crippen LogP contribution in [0.5, 0.6) is 0 Å². The molecule has 8 heteroatoms. The number of amides is 1. The van der Waals surface area contributed by atoms with Crippen molar-refractivity contribution in [1.29, 1.82) is 0 Å². The zero-order valence-corrected chi connectivity index (χ0v) is 15.6. The molecule has 1 aliphatic rings. The largest absolute Gasteiger partial charge is 0.334 e. The van der Waals surface area contributed by atoms with E-state index in [9.17, 15) is 17.6 Å². The summed E-state index contributed by atoms with van der Waals surface area (Å²) in [7, 11) is -3.95. The van der Waals surface area contributed by atoms with E-state index >= 15 is 0 Å². The lowest BCUT2D eigenvalue weighted by Gasteiger charge is -2.35. The Morgan fingerprint density at radius 1 is 1.15 bits per heavy atom. The molecule has 6 nitrogen and oxygen atoms in total. The Morgan fingerprint density at radius 3 is 2.52 bits per heavy atom. The second-order valence-corrected chi connectivity index (χ2v) is 8.18. The predicted molar refractivity (Wildman–Crippen MR) is 101 cm³/mol. The first-order valence-corrected chi connectivity index (χ1v) is 10.3. The summed E-state index contributed by atoms with van der Waals surface area (Å²) in [5.41, 5.74) is 6.04. The molecule has 2 aromatic rings. The fourth-order valence-electron chi connectivity index (χ4n) is 3.20. The number of halogens is 1. The first kappa shape index (κ1) is 19.3. The van der Waals surface area contributed by atoms with Gasteiger partial charge in [-0.2, -0.15) is 0 Å². The van der Waals surface area contributed by atoms with Crippen molar-refractivity contribution in [2.45, 2.75) is 30.2 Å². The van der Waals surface area contributed by atoms with Gasteiger partial charge in [0.1, 0.15) is 5.82 Å². The van der Waals surface area contributed by atoms with E-state index in [1.165, 1.54) is 48.5 Å². The van der Waals surface area contributed by atoms with Gasteiger partial charge in [0.15, 0.2) is 0 Å². The van der Waals surface area contributed by atoms with E-state index in [4.69, 9.17) is 5.73 Å². The lowest BCUT2D eigenvalue weighted by atomic mass is 10.0. The van der Waals surface area contributed by atoms with E-state index in [-0.39, 0.29) is 22.5 Å². The van der Waals surface area contributed by atoms with Gasteiger partial charge in [-0.15, -0.1) is 0 Å². The molecule has 0 aliphatic carbocycles. The van der Waals surface area contributed by atoms with Crippen LogP contribution in [0, 0.1) is 5.82 Å². The minimum atomic E-state index is -3.95. The highest BCUT2D eigenvalue weighted by molar-refractivity contribution is 7.92. The van der Waals surface area contributed by atoms with Crippen LogP contribution in [0.15, 0.2) is 53.4 Å². The van der Waals surface area contributed by atoms with E-state index in [1.807, 2.05) is 0 Å².